The van der Waals surface area contributed by atoms with E-state index in [1.807, 2.05) is 0 Å². The number of rotatable bonds is 9. The maximum atomic E-state index is 12.6. The Balaban J connectivity index is 1.60. The summed E-state index contributed by atoms with van der Waals surface area (Å²) < 4.78 is 0. The average molecular weight is 489 g/mol. The Morgan fingerprint density at radius 1 is 1.12 bits per heavy atom. The molecule has 0 unspecified atom stereocenters. The molecule has 0 spiro atoms. The highest BCUT2D eigenvalue weighted by atomic mass is 32.1. The molecule has 0 saturated heterocycles. The van der Waals surface area contributed by atoms with Gasteiger partial charge in [0.1, 0.15) is 16.7 Å². The first-order chi connectivity index (χ1) is 15.7. The van der Waals surface area contributed by atoms with Gasteiger partial charge in [-0.25, -0.2) is 9.78 Å². The Hall–Kier alpha value is -3.77. The van der Waals surface area contributed by atoms with E-state index < -0.39 is 23.8 Å². The van der Waals surface area contributed by atoms with Crippen LogP contribution in [0.1, 0.15) is 30.6 Å². The lowest BCUT2D eigenvalue weighted by molar-refractivity contribution is -0.139. The molecule has 0 saturated carbocycles. The van der Waals surface area contributed by atoms with Crippen molar-refractivity contribution in [3.8, 4) is 5.75 Å². The van der Waals surface area contributed by atoms with Crippen LogP contribution in [0, 0.1) is 6.92 Å². The number of hydrogen-bond acceptors (Lipinski definition) is 8. The molecule has 3 rings (SSSR count). The molecule has 172 valence electrons. The van der Waals surface area contributed by atoms with Gasteiger partial charge < -0.3 is 26.2 Å². The number of nitrogens with one attached hydrogen (secondary N) is 3. The third-order valence-corrected chi connectivity index (χ3v) is 6.28. The second kappa shape index (κ2) is 10.7. The number of carboxylic acids is 1. The lowest BCUT2D eigenvalue weighted by Gasteiger charge is -2.14. The molecule has 2 aromatic heterocycles. The molecule has 3 aromatic rings. The van der Waals surface area contributed by atoms with Gasteiger partial charge in [-0.05, 0) is 36.1 Å². The number of aliphatic carboxylic acids is 1. The summed E-state index contributed by atoms with van der Waals surface area (Å²) in [6.07, 6.45) is -0.000413. The topological polar surface area (TPSA) is 158 Å². The molecule has 3 amide bonds. The van der Waals surface area contributed by atoms with E-state index in [1.165, 1.54) is 23.5 Å². The van der Waals surface area contributed by atoms with Crippen LogP contribution in [-0.2, 0) is 16.0 Å². The summed E-state index contributed by atoms with van der Waals surface area (Å²) in [5.74, 6) is -2.77. The number of phenols is 1. The monoisotopic (exact) mass is 488 g/mol. The molecule has 0 aliphatic carbocycles. The third-order valence-electron chi connectivity index (χ3n) is 4.34. The highest BCUT2D eigenvalue weighted by Gasteiger charge is 2.25. The first kappa shape index (κ1) is 23.9. The minimum atomic E-state index is -1.35. The van der Waals surface area contributed by atoms with E-state index in [9.17, 15) is 29.4 Å². The SMILES string of the molecule is Cc1nc(NC(=O)Cc2cccc(O)c2)sc1C(=O)N[C@@H](CNC(=O)c1cccs1)C(=O)O. The molecular formula is C21H20N4O6S2. The predicted molar refractivity (Wildman–Crippen MR) is 123 cm³/mol. The van der Waals surface area contributed by atoms with Gasteiger partial charge in [0, 0.05) is 6.54 Å². The van der Waals surface area contributed by atoms with Crippen molar-refractivity contribution >= 4 is 51.5 Å². The Kier molecular flexibility index (Phi) is 7.74. The van der Waals surface area contributed by atoms with Crippen molar-refractivity contribution < 1.29 is 29.4 Å². The van der Waals surface area contributed by atoms with Crippen molar-refractivity contribution in [2.75, 3.05) is 11.9 Å². The van der Waals surface area contributed by atoms with Crippen LogP contribution in [0.3, 0.4) is 0 Å². The second-order valence-corrected chi connectivity index (χ2v) is 8.83. The van der Waals surface area contributed by atoms with Crippen molar-refractivity contribution in [3.63, 3.8) is 0 Å². The number of aryl methyl sites for hydroxylation is 1. The second-order valence-electron chi connectivity index (χ2n) is 6.88. The van der Waals surface area contributed by atoms with Crippen LogP contribution >= 0.6 is 22.7 Å². The zero-order valence-electron chi connectivity index (χ0n) is 17.3. The van der Waals surface area contributed by atoms with Crippen LogP contribution in [0.4, 0.5) is 5.13 Å². The summed E-state index contributed by atoms with van der Waals surface area (Å²) in [6.45, 7) is 1.26. The number of aromatic nitrogens is 1. The van der Waals surface area contributed by atoms with E-state index >= 15 is 0 Å². The molecule has 2 heterocycles. The van der Waals surface area contributed by atoms with Crippen molar-refractivity contribution in [1.29, 1.82) is 0 Å². The summed E-state index contributed by atoms with van der Waals surface area (Å²) in [4.78, 5) is 53.2. The molecule has 10 nitrogen and oxygen atoms in total. The fourth-order valence-electron chi connectivity index (χ4n) is 2.79. The van der Waals surface area contributed by atoms with Gasteiger partial charge in [0.05, 0.1) is 17.0 Å². The van der Waals surface area contributed by atoms with Crippen LogP contribution in [0.2, 0.25) is 0 Å². The zero-order valence-corrected chi connectivity index (χ0v) is 19.0. The average Bonchev–Trinajstić information content (AvgIpc) is 3.40. The molecule has 0 aliphatic heterocycles. The molecule has 0 fully saturated rings. The molecule has 1 aromatic carbocycles. The van der Waals surface area contributed by atoms with Crippen LogP contribution in [0.15, 0.2) is 41.8 Å². The highest BCUT2D eigenvalue weighted by Crippen LogP contribution is 2.23. The number of aromatic hydroxyl groups is 1. The Morgan fingerprint density at radius 3 is 2.58 bits per heavy atom. The number of amides is 3. The van der Waals surface area contributed by atoms with Crippen LogP contribution in [0.5, 0.6) is 5.75 Å². The van der Waals surface area contributed by atoms with E-state index in [0.29, 0.717) is 16.1 Å². The lowest BCUT2D eigenvalue weighted by Crippen LogP contribution is -2.48. The smallest absolute Gasteiger partial charge is 0.328 e. The molecule has 1 atom stereocenters. The number of anilines is 1. The Bertz CT molecular complexity index is 1180. The minimum Gasteiger partial charge on any atom is -0.508 e. The standard InChI is InChI=1S/C21H20N4O6S2/c1-11-17(33-21(23-11)25-16(27)9-12-4-2-5-13(26)8-12)19(29)24-14(20(30)31)10-22-18(28)15-6-3-7-32-15/h2-8,14,26H,9-10H2,1H3,(H,22,28)(H,24,29)(H,30,31)(H,23,25,27)/t14-/m0/s1. The summed E-state index contributed by atoms with van der Waals surface area (Å²) in [5, 5.41) is 28.3. The number of benzene rings is 1. The first-order valence-corrected chi connectivity index (χ1v) is 11.3. The molecule has 5 N–H and O–H groups in total. The van der Waals surface area contributed by atoms with Gasteiger partial charge >= 0.3 is 5.97 Å². The van der Waals surface area contributed by atoms with Gasteiger partial charge in [0.25, 0.3) is 11.8 Å². The molecule has 0 bridgehead atoms. The summed E-state index contributed by atoms with van der Waals surface area (Å²) in [7, 11) is 0. The van der Waals surface area contributed by atoms with E-state index in [4.69, 9.17) is 0 Å². The lowest BCUT2D eigenvalue weighted by atomic mass is 10.1. The number of thiazole rings is 1. The molecule has 0 radical (unpaired) electrons. The highest BCUT2D eigenvalue weighted by molar-refractivity contribution is 7.17. The fourth-order valence-corrected chi connectivity index (χ4v) is 4.32. The van der Waals surface area contributed by atoms with Gasteiger partial charge in [0.2, 0.25) is 5.91 Å². The van der Waals surface area contributed by atoms with Gasteiger partial charge in [-0.2, -0.15) is 0 Å². The van der Waals surface area contributed by atoms with Gasteiger partial charge in [-0.3, -0.25) is 14.4 Å². The normalized spacial score (nSPS) is 11.4. The van der Waals surface area contributed by atoms with Gasteiger partial charge in [-0.1, -0.05) is 29.5 Å². The van der Waals surface area contributed by atoms with Crippen LogP contribution in [0.25, 0.3) is 0 Å². The van der Waals surface area contributed by atoms with Crippen molar-refractivity contribution in [2.24, 2.45) is 0 Å². The maximum absolute atomic E-state index is 12.6. The first-order valence-electron chi connectivity index (χ1n) is 9.63. The van der Waals surface area contributed by atoms with Gasteiger partial charge in [0.15, 0.2) is 5.13 Å². The maximum Gasteiger partial charge on any atom is 0.328 e. The molecule has 12 heteroatoms. The van der Waals surface area contributed by atoms with Gasteiger partial charge in [-0.15, -0.1) is 11.3 Å². The van der Waals surface area contributed by atoms with Crippen LogP contribution in [-0.4, -0.2) is 51.5 Å². The summed E-state index contributed by atoms with van der Waals surface area (Å²) in [5.41, 5.74) is 0.921. The van der Waals surface area contributed by atoms with E-state index in [-0.39, 0.29) is 34.6 Å². The third kappa shape index (κ3) is 6.60. The summed E-state index contributed by atoms with van der Waals surface area (Å²) >= 11 is 2.11. The zero-order chi connectivity index (χ0) is 24.0. The largest absolute Gasteiger partial charge is 0.508 e. The molecule has 33 heavy (non-hydrogen) atoms. The minimum absolute atomic E-state index is 0.000413. The molecule has 0 aliphatic rings. The van der Waals surface area contributed by atoms with E-state index in [2.05, 4.69) is 20.9 Å². The number of carbonyl (C=O) groups excluding carboxylic acids is 3. The summed E-state index contributed by atoms with van der Waals surface area (Å²) in [6, 6.07) is 8.22. The Labute approximate surface area is 196 Å². The molecular weight excluding hydrogens is 468 g/mol. The van der Waals surface area contributed by atoms with Crippen LogP contribution < -0.4 is 16.0 Å². The number of nitrogens with zero attached hydrogens (tertiary/aromatic N) is 1. The van der Waals surface area contributed by atoms with Crippen molar-refractivity contribution in [1.82, 2.24) is 15.6 Å². The number of hydrogen-bond donors (Lipinski definition) is 5. The number of carboxylic acid groups (broad SMARTS) is 1. The predicted octanol–water partition coefficient (Wildman–Crippen LogP) is 2.01. The van der Waals surface area contributed by atoms with Crippen molar-refractivity contribution in [2.45, 2.75) is 19.4 Å². The number of phenolic OH excluding ortho intramolecular Hbond substituents is 1. The number of carbonyl (C=O) groups is 4. The van der Waals surface area contributed by atoms with E-state index in [1.54, 1.807) is 36.6 Å². The Morgan fingerprint density at radius 2 is 1.91 bits per heavy atom. The quantitative estimate of drug-likeness (QED) is 0.308. The van der Waals surface area contributed by atoms with Crippen molar-refractivity contribution in [3.05, 3.63) is 62.8 Å². The van der Waals surface area contributed by atoms with E-state index in [0.717, 1.165) is 11.3 Å². The number of thiophene rings is 1. The fraction of sp³-hybridized carbons (Fsp3) is 0.190.